The number of carbonyl (C=O) groups excluding carboxylic acids is 2. The second-order valence-corrected chi connectivity index (χ2v) is 22.8. The summed E-state index contributed by atoms with van der Waals surface area (Å²) in [6, 6.07) is 41.0. The molecule has 4 atom stereocenters. The summed E-state index contributed by atoms with van der Waals surface area (Å²) in [7, 11) is 0. The van der Waals surface area contributed by atoms with Gasteiger partial charge in [0.25, 0.3) is 0 Å². The van der Waals surface area contributed by atoms with Crippen LogP contribution in [0.25, 0.3) is 0 Å². The third-order valence-corrected chi connectivity index (χ3v) is 15.5. The highest BCUT2D eigenvalue weighted by molar-refractivity contribution is 6.38. The molecule has 6 aromatic carbocycles. The number of hydrogen-bond donors (Lipinski definition) is 2. The molecule has 3 aliphatic heterocycles. The average Bonchev–Trinajstić information content (AvgIpc) is 3.39. The first-order chi connectivity index (χ1) is 36.3. The van der Waals surface area contributed by atoms with Crippen LogP contribution in [0.15, 0.2) is 127 Å². The van der Waals surface area contributed by atoms with Crippen molar-refractivity contribution in [1.29, 1.82) is 0 Å². The second kappa shape index (κ2) is 31.7. The van der Waals surface area contributed by atoms with Gasteiger partial charge in [0, 0.05) is 95.6 Å². The van der Waals surface area contributed by atoms with E-state index in [1.807, 2.05) is 91.9 Å². The van der Waals surface area contributed by atoms with Gasteiger partial charge in [0.2, 0.25) is 0 Å². The summed E-state index contributed by atoms with van der Waals surface area (Å²) in [6.07, 6.45) is -0.350. The van der Waals surface area contributed by atoms with Gasteiger partial charge in [-0.05, 0) is 128 Å². The van der Waals surface area contributed by atoms with E-state index in [2.05, 4.69) is 54.1 Å². The van der Waals surface area contributed by atoms with Crippen molar-refractivity contribution in [2.45, 2.75) is 52.4 Å². The molecule has 6 aromatic rings. The molecule has 3 saturated heterocycles. The molecule has 1 unspecified atom stereocenters. The first-order valence-corrected chi connectivity index (χ1v) is 28.5. The van der Waals surface area contributed by atoms with Gasteiger partial charge in [-0.1, -0.05) is 148 Å². The van der Waals surface area contributed by atoms with Crippen LogP contribution in [0.5, 0.6) is 0 Å². The molecule has 0 saturated carbocycles. The summed E-state index contributed by atoms with van der Waals surface area (Å²) in [5, 5.41) is 19.2. The lowest BCUT2D eigenvalue weighted by atomic mass is 10.0. The molecule has 0 radical (unpaired) electrons. The van der Waals surface area contributed by atoms with Crippen molar-refractivity contribution in [3.8, 4) is 0 Å². The molecule has 2 N–H and O–H groups in total. The fourth-order valence-electron chi connectivity index (χ4n) is 9.31. The molecule has 0 aromatic heterocycles. The molecular formula is C58H64Cl10N6O3. The predicted octanol–water partition coefficient (Wildman–Crippen LogP) is 16.2. The number of rotatable bonds is 11. The summed E-state index contributed by atoms with van der Waals surface area (Å²) in [6.45, 7) is 13.6. The number of aliphatic hydroxyl groups is 1. The summed E-state index contributed by atoms with van der Waals surface area (Å²) >= 11 is 60.4. The Morgan fingerprint density at radius 3 is 1.19 bits per heavy atom. The average molecular weight is 1250 g/mol. The third kappa shape index (κ3) is 19.5. The smallest absolute Gasteiger partial charge is 0.144 e. The van der Waals surface area contributed by atoms with Gasteiger partial charge in [-0.3, -0.25) is 19.4 Å². The van der Waals surface area contributed by atoms with Gasteiger partial charge in [-0.25, -0.2) is 0 Å². The zero-order chi connectivity index (χ0) is 55.1. The van der Waals surface area contributed by atoms with E-state index in [-0.39, 0.29) is 49.1 Å². The number of ketones is 2. The Morgan fingerprint density at radius 1 is 0.506 bits per heavy atom. The van der Waals surface area contributed by atoms with Crippen LogP contribution in [-0.4, -0.2) is 110 Å². The monoisotopic (exact) mass is 1240 g/mol. The SMILES string of the molecule is C.CC(=O)CCl.CC(=O)CN1CCN(c2ccc(Cl)cc2Cl)[C@H](c2ccc(Cl)cc2)C1.CC(O)CN1CCN(c2ccc(Cl)cc2Cl)[C@H](c2ccc(Cl)cc2)C1.Clc1ccc([C@@H]2CNCCN2c2ccc(Cl)cc2Cl)cc1. The molecule has 0 bridgehead atoms. The molecule has 9 nitrogen and oxygen atoms in total. The Morgan fingerprint density at radius 2 is 0.844 bits per heavy atom. The molecule has 414 valence electrons. The summed E-state index contributed by atoms with van der Waals surface area (Å²) in [5.41, 5.74) is 6.48. The quantitative estimate of drug-likeness (QED) is 0.123. The second-order valence-electron chi connectivity index (χ2n) is 18.7. The molecule has 0 amide bonds. The Kier molecular flexibility index (Phi) is 26.6. The number of nitrogens with one attached hydrogen (secondary N) is 1. The van der Waals surface area contributed by atoms with E-state index in [9.17, 15) is 14.7 Å². The summed E-state index contributed by atoms with van der Waals surface area (Å²) < 4.78 is 0. The minimum absolute atomic E-state index is 0. The van der Waals surface area contributed by atoms with E-state index in [0.29, 0.717) is 48.2 Å². The Labute approximate surface area is 504 Å². The highest BCUT2D eigenvalue weighted by Crippen LogP contribution is 2.39. The minimum atomic E-state index is -0.350. The fourth-order valence-corrected chi connectivity index (χ4v) is 11.2. The molecule has 0 spiro atoms. The first-order valence-electron chi connectivity index (χ1n) is 24.6. The van der Waals surface area contributed by atoms with Crippen molar-refractivity contribution in [2.75, 3.05) is 92.6 Å². The van der Waals surface area contributed by atoms with E-state index < -0.39 is 0 Å². The maximum absolute atomic E-state index is 11.5. The predicted molar refractivity (Wildman–Crippen MR) is 330 cm³/mol. The lowest BCUT2D eigenvalue weighted by molar-refractivity contribution is -0.118. The minimum Gasteiger partial charge on any atom is -0.392 e. The number of benzene rings is 6. The van der Waals surface area contributed by atoms with Crippen LogP contribution >= 0.6 is 116 Å². The largest absolute Gasteiger partial charge is 0.392 e. The van der Waals surface area contributed by atoms with Crippen LogP contribution in [-0.2, 0) is 9.59 Å². The molecule has 3 aliphatic rings. The number of carbonyl (C=O) groups is 2. The van der Waals surface area contributed by atoms with Crippen LogP contribution in [0.4, 0.5) is 17.1 Å². The maximum atomic E-state index is 11.5. The van der Waals surface area contributed by atoms with Gasteiger partial charge < -0.3 is 25.1 Å². The number of aliphatic hydroxyl groups excluding tert-OH is 1. The van der Waals surface area contributed by atoms with Crippen molar-refractivity contribution < 1.29 is 14.7 Å². The topological polar surface area (TPSA) is 82.6 Å². The molecule has 0 aliphatic carbocycles. The lowest BCUT2D eigenvalue weighted by Gasteiger charge is -2.43. The number of halogens is 10. The van der Waals surface area contributed by atoms with Crippen molar-refractivity contribution in [1.82, 2.24) is 15.1 Å². The zero-order valence-corrected chi connectivity index (χ0v) is 49.8. The van der Waals surface area contributed by atoms with E-state index in [0.717, 1.165) is 91.6 Å². The number of β-amino-alcohol motifs (C(OH)–C–C–N with tert-alkyl or cyclic N) is 1. The van der Waals surface area contributed by atoms with Gasteiger partial charge >= 0.3 is 0 Å². The van der Waals surface area contributed by atoms with Crippen molar-refractivity contribution in [2.24, 2.45) is 0 Å². The first kappa shape index (κ1) is 64.6. The lowest BCUT2D eigenvalue weighted by Crippen LogP contribution is -2.50. The number of hydrogen-bond acceptors (Lipinski definition) is 9. The Hall–Kier alpha value is -3.20. The Bertz CT molecular complexity index is 2830. The van der Waals surface area contributed by atoms with Gasteiger partial charge in [0.1, 0.15) is 11.6 Å². The highest BCUT2D eigenvalue weighted by atomic mass is 35.5. The normalized spacial score (nSPS) is 18.1. The number of Topliss-reactive ketones (excluding diaryl/α,β-unsaturated/α-hetero) is 2. The van der Waals surface area contributed by atoms with Gasteiger partial charge in [0.15, 0.2) is 0 Å². The van der Waals surface area contributed by atoms with E-state index >= 15 is 0 Å². The third-order valence-electron chi connectivity index (χ3n) is 12.8. The van der Waals surface area contributed by atoms with Crippen LogP contribution < -0.4 is 20.0 Å². The molecule has 77 heavy (non-hydrogen) atoms. The number of piperazine rings is 3. The van der Waals surface area contributed by atoms with E-state index in [4.69, 9.17) is 116 Å². The molecule has 3 fully saturated rings. The summed E-state index contributed by atoms with van der Waals surface area (Å²) in [5.74, 6) is 0.333. The molecular weight excluding hydrogens is 1180 g/mol. The van der Waals surface area contributed by atoms with Crippen molar-refractivity contribution in [3.63, 3.8) is 0 Å². The van der Waals surface area contributed by atoms with Crippen LogP contribution in [0.1, 0.15) is 63.0 Å². The number of alkyl halides is 1. The van der Waals surface area contributed by atoms with Crippen LogP contribution in [0.3, 0.4) is 0 Å². The summed E-state index contributed by atoms with van der Waals surface area (Å²) in [4.78, 5) is 32.6. The fraction of sp³-hybridized carbons (Fsp3) is 0.345. The van der Waals surface area contributed by atoms with Crippen LogP contribution in [0, 0.1) is 0 Å². The highest BCUT2D eigenvalue weighted by Gasteiger charge is 2.32. The van der Waals surface area contributed by atoms with Crippen molar-refractivity contribution in [3.05, 3.63) is 189 Å². The Balaban J connectivity index is 0.000000203. The number of anilines is 3. The van der Waals surface area contributed by atoms with Crippen LogP contribution in [0.2, 0.25) is 45.2 Å². The number of nitrogens with zero attached hydrogens (tertiary/aromatic N) is 5. The van der Waals surface area contributed by atoms with Gasteiger partial charge in [-0.2, -0.15) is 0 Å². The zero-order valence-electron chi connectivity index (χ0n) is 42.2. The van der Waals surface area contributed by atoms with E-state index in [1.54, 1.807) is 25.1 Å². The van der Waals surface area contributed by atoms with Gasteiger partial charge in [0.05, 0.1) is 68.8 Å². The molecule has 3 heterocycles. The van der Waals surface area contributed by atoms with Gasteiger partial charge in [-0.15, -0.1) is 11.6 Å². The standard InChI is InChI=1S/C19H21Cl3N2O.C19H19Cl3N2O.C16H15Cl3N2.C3H5ClO.CH4/c2*1-13(25)11-23-8-9-24(18-7-6-16(21)10-17(18)22)19(12-23)14-2-4-15(20)5-3-14;17-12-3-1-11(2-4-12)16-10-20-7-8-21(16)15-6-5-13(18)9-14(15)19;1-3(5)2-4;/h2-7,10,13,19,25H,8-9,11-12H2,1H3;2-7,10,19H,8-9,11-12H2,1H3;1-6,9,16,20H,7-8,10H2;2H2,1H3;1H4/t13?,19-;19-;16-;;/m000../s1. The van der Waals surface area contributed by atoms with E-state index in [1.165, 1.54) is 18.1 Å². The maximum Gasteiger partial charge on any atom is 0.144 e. The van der Waals surface area contributed by atoms with Crippen molar-refractivity contribution >= 4 is 145 Å². The molecule has 9 rings (SSSR count). The molecule has 19 heteroatoms.